The molecule has 4 aromatic rings. The van der Waals surface area contributed by atoms with Gasteiger partial charge in [-0.2, -0.15) is 10.1 Å². The molecule has 0 saturated heterocycles. The number of hydrogen-bond donors (Lipinski definition) is 3. The summed E-state index contributed by atoms with van der Waals surface area (Å²) in [7, 11) is 1.86. The van der Waals surface area contributed by atoms with Gasteiger partial charge in [0.2, 0.25) is 5.95 Å². The molecule has 4 heterocycles. The molecule has 3 N–H and O–H groups in total. The van der Waals surface area contributed by atoms with Gasteiger partial charge in [0, 0.05) is 36.8 Å². The minimum absolute atomic E-state index is 0.0708. The molecule has 1 aliphatic heterocycles. The van der Waals surface area contributed by atoms with Crippen molar-refractivity contribution in [1.82, 2.24) is 24.7 Å². The molecule has 0 radical (unpaired) electrons. The number of fused-ring (bicyclic) bond motifs is 3. The number of ether oxygens (including phenoxy) is 1. The Bertz CT molecular complexity index is 1290. The highest BCUT2D eigenvalue weighted by Gasteiger charge is 2.24. The van der Waals surface area contributed by atoms with E-state index in [0.717, 1.165) is 16.8 Å². The molecule has 10 nitrogen and oxygen atoms in total. The molecule has 154 valence electrons. The van der Waals surface area contributed by atoms with E-state index in [1.54, 1.807) is 29.1 Å². The Morgan fingerprint density at radius 3 is 2.87 bits per heavy atom. The van der Waals surface area contributed by atoms with Crippen LogP contribution >= 0.6 is 0 Å². The lowest BCUT2D eigenvalue weighted by molar-refractivity contribution is 0.0697. The molecule has 0 atom stereocenters. The Kier molecular flexibility index (Phi) is 4.43. The number of para-hydroxylation sites is 1. The number of anilines is 4. The predicted octanol–water partition coefficient (Wildman–Crippen LogP) is 3.35. The maximum atomic E-state index is 11.7. The lowest BCUT2D eigenvalue weighted by Crippen LogP contribution is -2.11. The fraction of sp³-hybridized carbons (Fsp3) is 0.0952. The van der Waals surface area contributed by atoms with Crippen LogP contribution in [-0.2, 0) is 13.7 Å². The molecule has 0 bridgehead atoms. The van der Waals surface area contributed by atoms with E-state index >= 15 is 0 Å². The summed E-state index contributed by atoms with van der Waals surface area (Å²) in [5.41, 5.74) is 3.16. The number of carbonyl (C=O) groups is 1. The van der Waals surface area contributed by atoms with Crippen molar-refractivity contribution in [2.75, 3.05) is 10.6 Å². The number of aryl methyl sites for hydroxylation is 1. The van der Waals surface area contributed by atoms with Crippen LogP contribution in [0.5, 0.6) is 5.75 Å². The van der Waals surface area contributed by atoms with Crippen LogP contribution in [0.1, 0.15) is 15.9 Å². The summed E-state index contributed by atoms with van der Waals surface area (Å²) in [6.07, 6.45) is 4.80. The Morgan fingerprint density at radius 2 is 2.06 bits per heavy atom. The number of carboxylic acid groups (broad SMARTS) is 1. The molecule has 5 rings (SSSR count). The second kappa shape index (κ2) is 7.41. The minimum Gasteiger partial charge on any atom is -0.486 e. The van der Waals surface area contributed by atoms with E-state index in [9.17, 15) is 9.90 Å². The number of aromatic carboxylic acids is 1. The van der Waals surface area contributed by atoms with Crippen molar-refractivity contribution in [3.63, 3.8) is 0 Å². The SMILES string of the molecule is Cn1cc2c(n1)-c1cccc(Nc3nc(Nc4ccccn4)ncc3C(=O)O)c1OC2. The normalized spacial score (nSPS) is 11.8. The Morgan fingerprint density at radius 1 is 1.16 bits per heavy atom. The lowest BCUT2D eigenvalue weighted by Gasteiger charge is -2.20. The Hall–Kier alpha value is -4.47. The van der Waals surface area contributed by atoms with Gasteiger partial charge in [0.15, 0.2) is 11.6 Å². The van der Waals surface area contributed by atoms with E-state index in [1.807, 2.05) is 31.4 Å². The number of aromatic nitrogens is 5. The highest BCUT2D eigenvalue weighted by molar-refractivity contribution is 5.94. The Labute approximate surface area is 176 Å². The first-order valence-electron chi connectivity index (χ1n) is 9.42. The molecule has 0 aliphatic carbocycles. The third-order valence-corrected chi connectivity index (χ3v) is 4.72. The van der Waals surface area contributed by atoms with Gasteiger partial charge in [0.1, 0.15) is 23.7 Å². The van der Waals surface area contributed by atoms with Gasteiger partial charge in [-0.1, -0.05) is 12.1 Å². The van der Waals surface area contributed by atoms with Crippen molar-refractivity contribution in [2.45, 2.75) is 6.61 Å². The summed E-state index contributed by atoms with van der Waals surface area (Å²) in [5, 5.41) is 20.2. The average molecular weight is 415 g/mol. The molecule has 31 heavy (non-hydrogen) atoms. The van der Waals surface area contributed by atoms with Crippen LogP contribution in [0.25, 0.3) is 11.3 Å². The van der Waals surface area contributed by atoms with Gasteiger partial charge < -0.3 is 20.5 Å². The van der Waals surface area contributed by atoms with Crippen molar-refractivity contribution < 1.29 is 14.6 Å². The van der Waals surface area contributed by atoms with Crippen LogP contribution in [0, 0.1) is 0 Å². The van der Waals surface area contributed by atoms with Crippen molar-refractivity contribution in [1.29, 1.82) is 0 Å². The van der Waals surface area contributed by atoms with Gasteiger partial charge in [-0.3, -0.25) is 4.68 Å². The maximum Gasteiger partial charge on any atom is 0.341 e. The van der Waals surface area contributed by atoms with E-state index in [-0.39, 0.29) is 17.3 Å². The van der Waals surface area contributed by atoms with E-state index in [2.05, 4.69) is 30.7 Å². The van der Waals surface area contributed by atoms with Gasteiger partial charge in [0.25, 0.3) is 0 Å². The van der Waals surface area contributed by atoms with Crippen molar-refractivity contribution in [2.24, 2.45) is 7.05 Å². The second-order valence-electron chi connectivity index (χ2n) is 6.87. The molecule has 0 amide bonds. The van der Waals surface area contributed by atoms with Gasteiger partial charge in [-0.15, -0.1) is 0 Å². The zero-order valence-corrected chi connectivity index (χ0v) is 16.4. The number of nitrogens with zero attached hydrogens (tertiary/aromatic N) is 5. The van der Waals surface area contributed by atoms with Crippen LogP contribution < -0.4 is 15.4 Å². The predicted molar refractivity (Wildman–Crippen MR) is 113 cm³/mol. The number of benzene rings is 1. The zero-order valence-electron chi connectivity index (χ0n) is 16.4. The number of rotatable bonds is 5. The molecule has 10 heteroatoms. The number of nitrogens with one attached hydrogen (secondary N) is 2. The fourth-order valence-corrected chi connectivity index (χ4v) is 3.37. The zero-order chi connectivity index (χ0) is 21.4. The molecule has 1 aromatic carbocycles. The first-order valence-corrected chi connectivity index (χ1v) is 9.42. The smallest absolute Gasteiger partial charge is 0.341 e. The number of hydrogen-bond acceptors (Lipinski definition) is 8. The summed E-state index contributed by atoms with van der Waals surface area (Å²) in [6, 6.07) is 10.9. The van der Waals surface area contributed by atoms with Crippen LogP contribution in [-0.4, -0.2) is 35.8 Å². The van der Waals surface area contributed by atoms with Crippen molar-refractivity contribution in [3.8, 4) is 17.0 Å². The monoisotopic (exact) mass is 415 g/mol. The quantitative estimate of drug-likeness (QED) is 0.449. The third kappa shape index (κ3) is 3.50. The average Bonchev–Trinajstić information content (AvgIpc) is 3.15. The third-order valence-electron chi connectivity index (χ3n) is 4.72. The standard InChI is InChI=1S/C21H17N7O3/c1-28-10-12-11-31-18-13(17(12)27-28)5-4-6-15(18)24-19-14(20(29)30)9-23-21(26-19)25-16-7-2-3-8-22-16/h2-10H,11H2,1H3,(H,29,30)(H2,22,23,24,25,26). The number of carboxylic acids is 1. The largest absolute Gasteiger partial charge is 0.486 e. The molecular weight excluding hydrogens is 398 g/mol. The molecule has 1 aliphatic rings. The fourth-order valence-electron chi connectivity index (χ4n) is 3.37. The summed E-state index contributed by atoms with van der Waals surface area (Å²) >= 11 is 0. The van der Waals surface area contributed by atoms with E-state index in [4.69, 9.17) is 4.74 Å². The summed E-state index contributed by atoms with van der Waals surface area (Å²) < 4.78 is 7.70. The van der Waals surface area contributed by atoms with Gasteiger partial charge in [-0.25, -0.2) is 14.8 Å². The Balaban J connectivity index is 1.53. The number of pyridine rings is 1. The highest BCUT2D eigenvalue weighted by atomic mass is 16.5. The molecular formula is C21H17N7O3. The van der Waals surface area contributed by atoms with Crippen molar-refractivity contribution in [3.05, 3.63) is 66.1 Å². The molecule has 0 unspecified atom stereocenters. The van der Waals surface area contributed by atoms with Gasteiger partial charge in [0.05, 0.1) is 5.69 Å². The van der Waals surface area contributed by atoms with E-state index in [0.29, 0.717) is 23.9 Å². The topological polar surface area (TPSA) is 127 Å². The van der Waals surface area contributed by atoms with Crippen LogP contribution in [0.4, 0.5) is 23.3 Å². The molecule has 3 aromatic heterocycles. The van der Waals surface area contributed by atoms with Crippen LogP contribution in [0.15, 0.2) is 55.0 Å². The van der Waals surface area contributed by atoms with E-state index in [1.165, 1.54) is 6.20 Å². The summed E-state index contributed by atoms with van der Waals surface area (Å²) in [5.74, 6) is 0.320. The first kappa shape index (κ1) is 18.6. The molecule has 0 saturated carbocycles. The van der Waals surface area contributed by atoms with Crippen LogP contribution in [0.3, 0.4) is 0 Å². The molecule has 0 spiro atoms. The van der Waals surface area contributed by atoms with Crippen molar-refractivity contribution >= 4 is 29.2 Å². The van der Waals surface area contributed by atoms with Gasteiger partial charge in [-0.05, 0) is 24.3 Å². The highest BCUT2D eigenvalue weighted by Crippen LogP contribution is 2.42. The summed E-state index contributed by atoms with van der Waals surface area (Å²) in [4.78, 5) is 24.4. The first-order chi connectivity index (χ1) is 15.1. The lowest BCUT2D eigenvalue weighted by atomic mass is 10.0. The maximum absolute atomic E-state index is 11.7. The van der Waals surface area contributed by atoms with Gasteiger partial charge >= 0.3 is 5.97 Å². The van der Waals surface area contributed by atoms with E-state index < -0.39 is 5.97 Å². The molecule has 0 fully saturated rings. The van der Waals surface area contributed by atoms with Crippen LogP contribution in [0.2, 0.25) is 0 Å². The second-order valence-corrected chi connectivity index (χ2v) is 6.87. The summed E-state index contributed by atoms with van der Waals surface area (Å²) in [6.45, 7) is 0.372. The minimum atomic E-state index is -1.15.